The van der Waals surface area contributed by atoms with Crippen LogP contribution < -0.4 is 5.32 Å². The maximum absolute atomic E-state index is 13.1. The predicted octanol–water partition coefficient (Wildman–Crippen LogP) is 6.59. The van der Waals surface area contributed by atoms with Gasteiger partial charge in [0.2, 0.25) is 0 Å². The first-order chi connectivity index (χ1) is 17.5. The molecule has 0 saturated heterocycles. The van der Waals surface area contributed by atoms with Crippen LogP contribution in [0.2, 0.25) is 0 Å². The lowest BCUT2D eigenvalue weighted by Gasteiger charge is -2.11. The van der Waals surface area contributed by atoms with Crippen molar-refractivity contribution in [3.63, 3.8) is 0 Å². The van der Waals surface area contributed by atoms with E-state index in [0.717, 1.165) is 39.8 Å². The molecule has 0 radical (unpaired) electrons. The summed E-state index contributed by atoms with van der Waals surface area (Å²) in [4.78, 5) is 33.5. The molecule has 2 heterocycles. The average Bonchev–Trinajstić information content (AvgIpc) is 2.89. The number of Topliss-reactive ketones (excluding diaryl/α,β-unsaturated/α-hetero) is 2. The molecule has 5 nitrogen and oxygen atoms in total. The summed E-state index contributed by atoms with van der Waals surface area (Å²) in [5.74, 6) is 0.0577. The highest BCUT2D eigenvalue weighted by atomic mass is 16.1. The highest BCUT2D eigenvalue weighted by Gasteiger charge is 2.11. The van der Waals surface area contributed by atoms with Gasteiger partial charge in [-0.1, -0.05) is 36.4 Å². The Morgan fingerprint density at radius 2 is 1.56 bits per heavy atom. The van der Waals surface area contributed by atoms with E-state index in [9.17, 15) is 9.59 Å². The molecule has 0 aliphatic carbocycles. The van der Waals surface area contributed by atoms with Crippen molar-refractivity contribution in [1.29, 1.82) is 0 Å². The molecule has 1 N–H and O–H groups in total. The molecule has 0 aliphatic rings. The number of carbonyl (C=O) groups is 2. The summed E-state index contributed by atoms with van der Waals surface area (Å²) < 4.78 is 0. The number of aromatic nitrogens is 2. The number of hydrogen-bond donors (Lipinski definition) is 1. The molecule has 3 aromatic carbocycles. The third kappa shape index (κ3) is 5.36. The molecule has 0 unspecified atom stereocenters. The smallest absolute Gasteiger partial charge is 0.167 e. The molecular weight excluding hydrogens is 446 g/mol. The van der Waals surface area contributed by atoms with Crippen molar-refractivity contribution in [3.05, 3.63) is 131 Å². The minimum absolute atomic E-state index is 0.00384. The monoisotopic (exact) mass is 471 g/mol. The van der Waals surface area contributed by atoms with Gasteiger partial charge in [-0.05, 0) is 78.6 Å². The highest BCUT2D eigenvalue weighted by Crippen LogP contribution is 2.27. The van der Waals surface area contributed by atoms with Gasteiger partial charge in [-0.15, -0.1) is 0 Å². The SMILES string of the molecule is CC(=O)c1ccc2nccc(Nc3cccc(C(=O)Cc4cccc(Cc5ccncc5)c4)c3)c2c1. The van der Waals surface area contributed by atoms with E-state index in [-0.39, 0.29) is 11.6 Å². The Kier molecular flexibility index (Phi) is 6.63. The molecular formula is C31H25N3O2. The number of ketones is 2. The van der Waals surface area contributed by atoms with E-state index in [2.05, 4.69) is 27.4 Å². The number of nitrogens with one attached hydrogen (secondary N) is 1. The standard InChI is InChI=1S/C31H25N3O2/c1-21(35)25-8-9-29-28(20-25)30(12-15-33-29)34-27-7-3-6-26(19-27)31(36)18-24-5-2-4-23(17-24)16-22-10-13-32-14-11-22/h2-15,17,19-20H,16,18H2,1H3,(H,33,34). The summed E-state index contributed by atoms with van der Waals surface area (Å²) in [7, 11) is 0. The quantitative estimate of drug-likeness (QED) is 0.258. The van der Waals surface area contributed by atoms with E-state index >= 15 is 0 Å². The lowest BCUT2D eigenvalue weighted by atomic mass is 9.98. The molecule has 5 aromatic rings. The molecule has 36 heavy (non-hydrogen) atoms. The van der Waals surface area contributed by atoms with E-state index in [4.69, 9.17) is 0 Å². The second kappa shape index (κ2) is 10.3. The average molecular weight is 472 g/mol. The van der Waals surface area contributed by atoms with E-state index in [0.29, 0.717) is 17.5 Å². The molecule has 0 amide bonds. The number of rotatable bonds is 8. The van der Waals surface area contributed by atoms with Crippen LogP contribution in [0.5, 0.6) is 0 Å². The second-order valence-electron chi connectivity index (χ2n) is 8.80. The summed E-state index contributed by atoms with van der Waals surface area (Å²) in [5, 5.41) is 4.25. The van der Waals surface area contributed by atoms with Gasteiger partial charge >= 0.3 is 0 Å². The van der Waals surface area contributed by atoms with Crippen LogP contribution in [0.3, 0.4) is 0 Å². The minimum Gasteiger partial charge on any atom is -0.355 e. The zero-order chi connectivity index (χ0) is 24.9. The molecule has 5 rings (SSSR count). The zero-order valence-electron chi connectivity index (χ0n) is 19.9. The summed E-state index contributed by atoms with van der Waals surface area (Å²) in [6, 6.07) is 27.0. The summed E-state index contributed by atoms with van der Waals surface area (Å²) in [6.07, 6.45) is 6.44. The third-order valence-corrected chi connectivity index (χ3v) is 6.13. The second-order valence-corrected chi connectivity index (χ2v) is 8.80. The van der Waals surface area contributed by atoms with E-state index in [1.165, 1.54) is 5.56 Å². The summed E-state index contributed by atoms with van der Waals surface area (Å²) >= 11 is 0. The van der Waals surface area contributed by atoms with Gasteiger partial charge < -0.3 is 5.32 Å². The molecule has 0 aliphatic heterocycles. The van der Waals surface area contributed by atoms with Crippen LogP contribution in [0.15, 0.2) is 104 Å². The van der Waals surface area contributed by atoms with E-state index < -0.39 is 0 Å². The number of benzene rings is 3. The van der Waals surface area contributed by atoms with Crippen molar-refractivity contribution in [2.24, 2.45) is 0 Å². The van der Waals surface area contributed by atoms with Crippen molar-refractivity contribution in [3.8, 4) is 0 Å². The molecule has 0 atom stereocenters. The first-order valence-corrected chi connectivity index (χ1v) is 11.8. The first kappa shape index (κ1) is 23.1. The first-order valence-electron chi connectivity index (χ1n) is 11.8. The lowest BCUT2D eigenvalue weighted by molar-refractivity contribution is 0.0990. The third-order valence-electron chi connectivity index (χ3n) is 6.13. The normalized spacial score (nSPS) is 10.8. The maximum atomic E-state index is 13.1. The number of pyridine rings is 2. The number of carbonyl (C=O) groups excluding carboxylic acids is 2. The largest absolute Gasteiger partial charge is 0.355 e. The van der Waals surface area contributed by atoms with Gasteiger partial charge in [0.1, 0.15) is 0 Å². The van der Waals surface area contributed by atoms with Crippen LogP contribution in [0.1, 0.15) is 44.3 Å². The molecule has 0 saturated carbocycles. The van der Waals surface area contributed by atoms with Crippen molar-refractivity contribution < 1.29 is 9.59 Å². The van der Waals surface area contributed by atoms with Crippen LogP contribution in [-0.2, 0) is 12.8 Å². The molecule has 0 fully saturated rings. The molecule has 0 bridgehead atoms. The van der Waals surface area contributed by atoms with Crippen LogP contribution in [-0.4, -0.2) is 21.5 Å². The van der Waals surface area contributed by atoms with Gasteiger partial charge in [-0.2, -0.15) is 0 Å². The van der Waals surface area contributed by atoms with Crippen LogP contribution >= 0.6 is 0 Å². The molecule has 5 heteroatoms. The van der Waals surface area contributed by atoms with E-state index in [1.54, 1.807) is 31.6 Å². The maximum Gasteiger partial charge on any atom is 0.167 e. The Hall–Kier alpha value is -4.64. The Morgan fingerprint density at radius 1 is 0.750 bits per heavy atom. The van der Waals surface area contributed by atoms with Gasteiger partial charge in [0.25, 0.3) is 0 Å². The van der Waals surface area contributed by atoms with Gasteiger partial charge in [-0.3, -0.25) is 19.6 Å². The Morgan fingerprint density at radius 3 is 2.39 bits per heavy atom. The van der Waals surface area contributed by atoms with Gasteiger partial charge in [0, 0.05) is 52.9 Å². The van der Waals surface area contributed by atoms with Gasteiger partial charge in [0.05, 0.1) is 5.52 Å². The van der Waals surface area contributed by atoms with Gasteiger partial charge in [-0.25, -0.2) is 0 Å². The summed E-state index contributed by atoms with van der Waals surface area (Å²) in [5.41, 5.74) is 7.04. The van der Waals surface area contributed by atoms with Crippen molar-refractivity contribution >= 4 is 33.8 Å². The topological polar surface area (TPSA) is 72.0 Å². The van der Waals surface area contributed by atoms with E-state index in [1.807, 2.05) is 66.7 Å². The highest BCUT2D eigenvalue weighted by molar-refractivity contribution is 6.02. The van der Waals surface area contributed by atoms with Crippen LogP contribution in [0, 0.1) is 0 Å². The zero-order valence-corrected chi connectivity index (χ0v) is 19.9. The van der Waals surface area contributed by atoms with Gasteiger partial charge in [0.15, 0.2) is 11.6 Å². The number of nitrogens with zero attached hydrogens (tertiary/aromatic N) is 2. The molecule has 176 valence electrons. The fourth-order valence-electron chi connectivity index (χ4n) is 4.27. The Labute approximate surface area is 209 Å². The van der Waals surface area contributed by atoms with Crippen LogP contribution in [0.4, 0.5) is 11.4 Å². The molecule has 2 aromatic heterocycles. The molecule has 0 spiro atoms. The lowest BCUT2D eigenvalue weighted by Crippen LogP contribution is -2.05. The summed E-state index contributed by atoms with van der Waals surface area (Å²) in [6.45, 7) is 1.55. The minimum atomic E-state index is 0.00384. The Balaban J connectivity index is 1.34. The van der Waals surface area contributed by atoms with Crippen molar-refractivity contribution in [1.82, 2.24) is 9.97 Å². The predicted molar refractivity (Wildman–Crippen MR) is 143 cm³/mol. The Bertz CT molecular complexity index is 1560. The van der Waals surface area contributed by atoms with Crippen molar-refractivity contribution in [2.45, 2.75) is 19.8 Å². The fourth-order valence-corrected chi connectivity index (χ4v) is 4.27. The van der Waals surface area contributed by atoms with Crippen molar-refractivity contribution in [2.75, 3.05) is 5.32 Å². The van der Waals surface area contributed by atoms with Crippen LogP contribution in [0.25, 0.3) is 10.9 Å². The number of fused-ring (bicyclic) bond motifs is 1. The fraction of sp³-hybridized carbons (Fsp3) is 0.0968. The number of anilines is 2. The number of hydrogen-bond acceptors (Lipinski definition) is 5.